The van der Waals surface area contributed by atoms with E-state index in [2.05, 4.69) is 66.9 Å². The maximum absolute atomic E-state index is 2.39. The van der Waals surface area contributed by atoms with Gasteiger partial charge in [0, 0.05) is 0 Å². The summed E-state index contributed by atoms with van der Waals surface area (Å²) in [5.74, 6) is 1.71. The largest absolute Gasteiger partial charge is 0.138 e. The Morgan fingerprint density at radius 2 is 1.32 bits per heavy atom. The SMILES string of the molecule is Bc1cc(-c2ccc(C3CCC(C)CC3)cc2)cc(B)c1B. The highest BCUT2D eigenvalue weighted by Gasteiger charge is 2.19. The molecular weight excluding hydrogens is 261 g/mol. The maximum Gasteiger partial charge on any atom is 0.138 e. The van der Waals surface area contributed by atoms with E-state index < -0.39 is 0 Å². The predicted molar refractivity (Wildman–Crippen MR) is 107 cm³/mol. The standard InChI is InChI=1S/C19H25B3/c1-12-2-4-13(5-3-12)14-6-8-15(9-7-14)16-10-17(20)19(22)18(21)11-16/h6-13H,2-5,20-22H2,1H3. The molecule has 0 aliphatic heterocycles. The summed E-state index contributed by atoms with van der Waals surface area (Å²) in [6.07, 6.45) is 5.51. The monoisotopic (exact) mass is 286 g/mol. The number of benzene rings is 2. The number of rotatable bonds is 2. The van der Waals surface area contributed by atoms with E-state index in [-0.39, 0.29) is 0 Å². The highest BCUT2D eigenvalue weighted by atomic mass is 14.2. The minimum absolute atomic E-state index is 0.784. The molecule has 1 aliphatic carbocycles. The van der Waals surface area contributed by atoms with Crippen molar-refractivity contribution in [3.8, 4) is 11.1 Å². The fraction of sp³-hybridized carbons (Fsp3) is 0.368. The topological polar surface area (TPSA) is 0 Å². The van der Waals surface area contributed by atoms with Crippen LogP contribution >= 0.6 is 0 Å². The van der Waals surface area contributed by atoms with E-state index in [0.717, 1.165) is 11.8 Å². The van der Waals surface area contributed by atoms with Crippen molar-refractivity contribution >= 4 is 39.9 Å². The van der Waals surface area contributed by atoms with Crippen molar-refractivity contribution in [1.82, 2.24) is 0 Å². The smallest absolute Gasteiger partial charge is 0.101 e. The Bertz CT molecular complexity index is 630. The molecule has 1 aliphatic rings. The van der Waals surface area contributed by atoms with E-state index in [0.29, 0.717) is 0 Å². The second-order valence-electron chi connectivity index (χ2n) is 7.31. The average Bonchev–Trinajstić information content (AvgIpc) is 2.53. The van der Waals surface area contributed by atoms with Crippen molar-refractivity contribution in [2.45, 2.75) is 38.5 Å². The normalized spacial score (nSPS) is 21.7. The van der Waals surface area contributed by atoms with Crippen molar-refractivity contribution in [2.24, 2.45) is 5.92 Å². The van der Waals surface area contributed by atoms with Crippen molar-refractivity contribution in [3.05, 3.63) is 42.0 Å². The van der Waals surface area contributed by atoms with Crippen LogP contribution in [0.1, 0.15) is 44.1 Å². The first-order chi connectivity index (χ1) is 10.5. The van der Waals surface area contributed by atoms with Crippen LogP contribution in [0.2, 0.25) is 0 Å². The van der Waals surface area contributed by atoms with Crippen LogP contribution in [-0.4, -0.2) is 23.5 Å². The lowest BCUT2D eigenvalue weighted by molar-refractivity contribution is 0.348. The zero-order valence-electron chi connectivity index (χ0n) is 14.4. The molecule has 1 saturated carbocycles. The lowest BCUT2D eigenvalue weighted by Gasteiger charge is -2.26. The van der Waals surface area contributed by atoms with Gasteiger partial charge in [0.1, 0.15) is 23.5 Å². The summed E-state index contributed by atoms with van der Waals surface area (Å²) in [6, 6.07) is 14.0. The van der Waals surface area contributed by atoms with Crippen LogP contribution in [0, 0.1) is 5.92 Å². The molecule has 2 aromatic rings. The lowest BCUT2D eigenvalue weighted by atomic mass is 9.71. The molecule has 0 heterocycles. The first-order valence-corrected chi connectivity index (χ1v) is 8.73. The summed E-state index contributed by atoms with van der Waals surface area (Å²) >= 11 is 0. The van der Waals surface area contributed by atoms with Gasteiger partial charge in [-0.1, -0.05) is 67.1 Å². The Kier molecular flexibility index (Phi) is 4.52. The Morgan fingerprint density at radius 3 is 1.86 bits per heavy atom. The van der Waals surface area contributed by atoms with Crippen molar-refractivity contribution in [1.29, 1.82) is 0 Å². The summed E-state index contributed by atoms with van der Waals surface area (Å²) in [4.78, 5) is 0. The molecule has 0 aromatic heterocycles. The molecule has 3 rings (SSSR count). The van der Waals surface area contributed by atoms with Gasteiger partial charge in [-0.2, -0.15) is 0 Å². The summed E-state index contributed by atoms with van der Waals surface area (Å²) in [5, 5.41) is 0. The van der Waals surface area contributed by atoms with E-state index in [1.165, 1.54) is 58.8 Å². The first-order valence-electron chi connectivity index (χ1n) is 8.73. The summed E-state index contributed by atoms with van der Waals surface area (Å²) < 4.78 is 0. The third-order valence-electron chi connectivity index (χ3n) is 5.66. The summed E-state index contributed by atoms with van der Waals surface area (Å²) in [6.45, 7) is 2.39. The quantitative estimate of drug-likeness (QED) is 0.702. The molecule has 1 fully saturated rings. The van der Waals surface area contributed by atoms with Crippen LogP contribution in [0.15, 0.2) is 36.4 Å². The fourth-order valence-corrected chi connectivity index (χ4v) is 3.74. The van der Waals surface area contributed by atoms with Gasteiger partial charge < -0.3 is 0 Å². The molecule has 0 saturated heterocycles. The van der Waals surface area contributed by atoms with Gasteiger partial charge in [-0.05, 0) is 41.4 Å². The van der Waals surface area contributed by atoms with Crippen LogP contribution < -0.4 is 16.4 Å². The van der Waals surface area contributed by atoms with Crippen LogP contribution in [-0.2, 0) is 0 Å². The highest BCUT2D eigenvalue weighted by molar-refractivity contribution is 6.57. The third-order valence-corrected chi connectivity index (χ3v) is 5.66. The Hall–Kier alpha value is -1.37. The van der Waals surface area contributed by atoms with Crippen molar-refractivity contribution in [2.75, 3.05) is 0 Å². The Morgan fingerprint density at radius 1 is 0.773 bits per heavy atom. The molecule has 22 heavy (non-hydrogen) atoms. The van der Waals surface area contributed by atoms with Gasteiger partial charge in [0.2, 0.25) is 0 Å². The van der Waals surface area contributed by atoms with Gasteiger partial charge in [0.15, 0.2) is 0 Å². The zero-order valence-corrected chi connectivity index (χ0v) is 14.4. The van der Waals surface area contributed by atoms with E-state index in [9.17, 15) is 0 Å². The van der Waals surface area contributed by atoms with E-state index in [1.54, 1.807) is 0 Å². The van der Waals surface area contributed by atoms with Crippen LogP contribution in [0.4, 0.5) is 0 Å². The number of hydrogen-bond donors (Lipinski definition) is 0. The highest BCUT2D eigenvalue weighted by Crippen LogP contribution is 2.36. The Labute approximate surface area is 137 Å². The van der Waals surface area contributed by atoms with E-state index in [4.69, 9.17) is 0 Å². The van der Waals surface area contributed by atoms with Gasteiger partial charge in [-0.25, -0.2) is 0 Å². The maximum atomic E-state index is 2.39. The average molecular weight is 286 g/mol. The molecule has 0 radical (unpaired) electrons. The van der Waals surface area contributed by atoms with Crippen molar-refractivity contribution < 1.29 is 0 Å². The Balaban J connectivity index is 1.82. The molecule has 0 atom stereocenters. The molecule has 2 aromatic carbocycles. The molecule has 0 amide bonds. The third kappa shape index (κ3) is 3.19. The molecule has 0 N–H and O–H groups in total. The summed E-state index contributed by atoms with van der Waals surface area (Å²) in [7, 11) is 6.63. The molecule has 0 spiro atoms. The van der Waals surface area contributed by atoms with Gasteiger partial charge in [-0.15, -0.1) is 5.46 Å². The molecule has 0 nitrogen and oxygen atoms in total. The molecule has 110 valence electrons. The minimum atomic E-state index is 0.784. The van der Waals surface area contributed by atoms with Crippen LogP contribution in [0.5, 0.6) is 0 Å². The lowest BCUT2D eigenvalue weighted by Crippen LogP contribution is -2.38. The number of hydrogen-bond acceptors (Lipinski definition) is 0. The van der Waals surface area contributed by atoms with Gasteiger partial charge in [-0.3, -0.25) is 0 Å². The van der Waals surface area contributed by atoms with Gasteiger partial charge >= 0.3 is 0 Å². The summed E-state index contributed by atoms with van der Waals surface area (Å²) in [5.41, 5.74) is 8.43. The first kappa shape index (κ1) is 15.5. The minimum Gasteiger partial charge on any atom is -0.101 e. The van der Waals surface area contributed by atoms with Gasteiger partial charge in [0.05, 0.1) is 0 Å². The predicted octanol–water partition coefficient (Wildman–Crippen LogP) is 0.422. The molecule has 0 bridgehead atoms. The van der Waals surface area contributed by atoms with Crippen molar-refractivity contribution in [3.63, 3.8) is 0 Å². The van der Waals surface area contributed by atoms with Crippen LogP contribution in [0.25, 0.3) is 11.1 Å². The van der Waals surface area contributed by atoms with E-state index >= 15 is 0 Å². The van der Waals surface area contributed by atoms with Crippen LogP contribution in [0.3, 0.4) is 0 Å². The second-order valence-corrected chi connectivity index (χ2v) is 7.31. The molecule has 0 unspecified atom stereocenters. The second kappa shape index (κ2) is 6.40. The fourth-order valence-electron chi connectivity index (χ4n) is 3.74. The van der Waals surface area contributed by atoms with Gasteiger partial charge in [0.25, 0.3) is 0 Å². The molecular formula is C19H25B3. The zero-order chi connectivity index (χ0) is 15.7. The molecule has 3 heteroatoms. The van der Waals surface area contributed by atoms with E-state index in [1.807, 2.05) is 0 Å².